The van der Waals surface area contributed by atoms with Crippen LogP contribution in [0.4, 0.5) is 5.13 Å². The highest BCUT2D eigenvalue weighted by atomic mass is 32.1. The van der Waals surface area contributed by atoms with E-state index >= 15 is 0 Å². The van der Waals surface area contributed by atoms with Crippen molar-refractivity contribution < 1.29 is 0 Å². The lowest BCUT2D eigenvalue weighted by molar-refractivity contribution is 1.06. The Hall–Kier alpha value is -3.25. The maximum Gasteiger partial charge on any atom is 0.203 e. The summed E-state index contributed by atoms with van der Waals surface area (Å²) >= 11 is 1.53. The van der Waals surface area contributed by atoms with Crippen molar-refractivity contribution in [2.45, 2.75) is 0 Å². The first kappa shape index (κ1) is 15.3. The molecule has 2 heterocycles. The van der Waals surface area contributed by atoms with Crippen molar-refractivity contribution in [3.8, 4) is 16.9 Å². The van der Waals surface area contributed by atoms with Crippen molar-refractivity contribution in [2.75, 3.05) is 5.43 Å². The highest BCUT2D eigenvalue weighted by Crippen LogP contribution is 2.24. The summed E-state index contributed by atoms with van der Waals surface area (Å²) in [4.78, 5) is 8.59. The van der Waals surface area contributed by atoms with Crippen LogP contribution in [-0.2, 0) is 0 Å². The van der Waals surface area contributed by atoms with Gasteiger partial charge in [-0.3, -0.25) is 5.43 Å². The number of benzene rings is 2. The highest BCUT2D eigenvalue weighted by molar-refractivity contribution is 7.14. The molecule has 4 aromatic rings. The molecule has 0 bridgehead atoms. The molecule has 0 atom stereocenters. The lowest BCUT2D eigenvalue weighted by Crippen LogP contribution is -1.92. The lowest BCUT2D eigenvalue weighted by atomic mass is 10.2. The van der Waals surface area contributed by atoms with E-state index in [1.807, 2.05) is 70.7 Å². The van der Waals surface area contributed by atoms with Gasteiger partial charge in [-0.25, -0.2) is 9.97 Å². The van der Waals surface area contributed by atoms with Crippen LogP contribution in [0.15, 0.2) is 83.8 Å². The second-order valence-electron chi connectivity index (χ2n) is 5.34. The van der Waals surface area contributed by atoms with Crippen LogP contribution in [0.5, 0.6) is 0 Å². The lowest BCUT2D eigenvalue weighted by Gasteiger charge is -2.01. The van der Waals surface area contributed by atoms with Gasteiger partial charge in [0.2, 0.25) is 5.13 Å². The van der Waals surface area contributed by atoms with E-state index in [4.69, 9.17) is 0 Å². The zero-order chi connectivity index (χ0) is 16.9. The second kappa shape index (κ2) is 7.11. The second-order valence-corrected chi connectivity index (χ2v) is 6.19. The van der Waals surface area contributed by atoms with E-state index in [1.54, 1.807) is 18.7 Å². The van der Waals surface area contributed by atoms with E-state index in [-0.39, 0.29) is 0 Å². The van der Waals surface area contributed by atoms with Crippen molar-refractivity contribution in [1.82, 2.24) is 14.5 Å². The number of hydrogen-bond donors (Lipinski definition) is 1. The molecule has 0 aliphatic heterocycles. The predicted octanol–water partition coefficient (Wildman–Crippen LogP) is 4.44. The summed E-state index contributed by atoms with van der Waals surface area (Å²) in [5.74, 6) is 0. The smallest absolute Gasteiger partial charge is 0.203 e. The van der Waals surface area contributed by atoms with Crippen molar-refractivity contribution in [2.24, 2.45) is 5.10 Å². The van der Waals surface area contributed by atoms with Gasteiger partial charge in [0.25, 0.3) is 0 Å². The molecule has 0 spiro atoms. The molecule has 2 aromatic heterocycles. The van der Waals surface area contributed by atoms with E-state index in [2.05, 4.69) is 20.5 Å². The first-order valence-corrected chi connectivity index (χ1v) is 8.65. The van der Waals surface area contributed by atoms with Gasteiger partial charge in [0, 0.05) is 29.0 Å². The molecule has 0 unspecified atom stereocenters. The van der Waals surface area contributed by atoms with Crippen LogP contribution in [0.1, 0.15) is 5.56 Å². The Balaban J connectivity index is 1.40. The van der Waals surface area contributed by atoms with E-state index in [1.165, 1.54) is 11.3 Å². The van der Waals surface area contributed by atoms with E-state index in [0.717, 1.165) is 27.6 Å². The average Bonchev–Trinajstić information content (AvgIpc) is 3.35. The van der Waals surface area contributed by atoms with Crippen LogP contribution in [0.3, 0.4) is 0 Å². The summed E-state index contributed by atoms with van der Waals surface area (Å²) in [6.45, 7) is 0. The van der Waals surface area contributed by atoms with Crippen LogP contribution >= 0.6 is 11.3 Å². The monoisotopic (exact) mass is 345 g/mol. The SMILES string of the molecule is C(=N\Nc1nc(-c2ccccc2)cs1)/c1ccc(-n2ccnc2)cc1. The fourth-order valence-electron chi connectivity index (χ4n) is 2.37. The Bertz CT molecular complexity index is 957. The average molecular weight is 345 g/mol. The number of nitrogens with one attached hydrogen (secondary N) is 1. The molecule has 122 valence electrons. The standard InChI is InChI=1S/C19H15N5S/c1-2-4-16(5-3-1)18-13-25-19(22-18)23-21-12-15-6-8-17(9-7-15)24-11-10-20-14-24/h1-14H,(H,22,23)/b21-12+. The molecule has 0 aliphatic carbocycles. The summed E-state index contributed by atoms with van der Waals surface area (Å²) in [5, 5.41) is 7.05. The minimum Gasteiger partial charge on any atom is -0.306 e. The van der Waals surface area contributed by atoms with Crippen LogP contribution in [0.2, 0.25) is 0 Å². The summed E-state index contributed by atoms with van der Waals surface area (Å²) < 4.78 is 1.96. The minimum absolute atomic E-state index is 0.769. The molecule has 0 aliphatic rings. The number of aromatic nitrogens is 3. The first-order valence-electron chi connectivity index (χ1n) is 7.77. The van der Waals surface area contributed by atoms with Gasteiger partial charge in [-0.1, -0.05) is 42.5 Å². The number of thiazole rings is 1. The van der Waals surface area contributed by atoms with Gasteiger partial charge in [0.1, 0.15) is 0 Å². The largest absolute Gasteiger partial charge is 0.306 e. The van der Waals surface area contributed by atoms with Crippen molar-refractivity contribution in [3.63, 3.8) is 0 Å². The molecule has 25 heavy (non-hydrogen) atoms. The van der Waals surface area contributed by atoms with Crippen LogP contribution < -0.4 is 5.43 Å². The Morgan fingerprint density at radius 1 is 1.04 bits per heavy atom. The van der Waals surface area contributed by atoms with Gasteiger partial charge in [-0.2, -0.15) is 5.10 Å². The van der Waals surface area contributed by atoms with E-state index < -0.39 is 0 Å². The molecule has 2 aromatic carbocycles. The number of nitrogens with zero attached hydrogens (tertiary/aromatic N) is 4. The molecule has 0 saturated heterocycles. The fraction of sp³-hybridized carbons (Fsp3) is 0. The Morgan fingerprint density at radius 3 is 2.64 bits per heavy atom. The number of imidazole rings is 1. The number of anilines is 1. The zero-order valence-corrected chi connectivity index (χ0v) is 14.1. The third-order valence-corrected chi connectivity index (χ3v) is 4.39. The third kappa shape index (κ3) is 3.64. The molecule has 1 N–H and O–H groups in total. The van der Waals surface area contributed by atoms with Gasteiger partial charge in [0.15, 0.2) is 0 Å². The predicted molar refractivity (Wildman–Crippen MR) is 102 cm³/mol. The minimum atomic E-state index is 0.769. The van der Waals surface area contributed by atoms with Crippen molar-refractivity contribution >= 4 is 22.7 Å². The van der Waals surface area contributed by atoms with Gasteiger partial charge in [-0.05, 0) is 17.7 Å². The molecule has 0 saturated carbocycles. The van der Waals surface area contributed by atoms with Gasteiger partial charge in [0.05, 0.1) is 18.2 Å². The molecule has 5 nitrogen and oxygen atoms in total. The molecule has 4 rings (SSSR count). The molecular formula is C19H15N5S. The fourth-order valence-corrected chi connectivity index (χ4v) is 3.04. The summed E-state index contributed by atoms with van der Waals surface area (Å²) in [6, 6.07) is 18.2. The normalized spacial score (nSPS) is 11.0. The molecule has 6 heteroatoms. The Kier molecular flexibility index (Phi) is 4.35. The number of hydrogen-bond acceptors (Lipinski definition) is 5. The van der Waals surface area contributed by atoms with Gasteiger partial charge in [-0.15, -0.1) is 11.3 Å². The summed E-state index contributed by atoms with van der Waals surface area (Å²) in [5.41, 5.74) is 7.12. The molecule has 0 fully saturated rings. The Morgan fingerprint density at radius 2 is 1.88 bits per heavy atom. The first-order chi connectivity index (χ1) is 12.4. The van der Waals surface area contributed by atoms with Gasteiger partial charge < -0.3 is 4.57 Å². The number of hydrazone groups is 1. The summed E-state index contributed by atoms with van der Waals surface area (Å²) in [7, 11) is 0. The molecule has 0 radical (unpaired) electrons. The van der Waals surface area contributed by atoms with Crippen LogP contribution in [-0.4, -0.2) is 20.7 Å². The number of rotatable bonds is 5. The maximum absolute atomic E-state index is 4.54. The van der Waals surface area contributed by atoms with Gasteiger partial charge >= 0.3 is 0 Å². The van der Waals surface area contributed by atoms with Crippen LogP contribution in [0.25, 0.3) is 16.9 Å². The topological polar surface area (TPSA) is 55.1 Å². The molecule has 0 amide bonds. The van der Waals surface area contributed by atoms with Crippen molar-refractivity contribution in [3.05, 3.63) is 84.3 Å². The zero-order valence-electron chi connectivity index (χ0n) is 13.3. The van der Waals surface area contributed by atoms with E-state index in [9.17, 15) is 0 Å². The summed E-state index contributed by atoms with van der Waals surface area (Å²) in [6.07, 6.45) is 7.23. The highest BCUT2D eigenvalue weighted by Gasteiger charge is 2.02. The van der Waals surface area contributed by atoms with E-state index in [0.29, 0.717) is 0 Å². The van der Waals surface area contributed by atoms with Crippen molar-refractivity contribution in [1.29, 1.82) is 0 Å². The third-order valence-electron chi connectivity index (χ3n) is 3.64. The molecular weight excluding hydrogens is 330 g/mol. The van der Waals surface area contributed by atoms with Crippen LogP contribution in [0, 0.1) is 0 Å². The Labute approximate surface area is 149 Å². The quantitative estimate of drug-likeness (QED) is 0.430. The maximum atomic E-state index is 4.54.